The number of anilines is 1. The van der Waals surface area contributed by atoms with Crippen molar-refractivity contribution in [3.63, 3.8) is 0 Å². The molecule has 0 aliphatic rings. The van der Waals surface area contributed by atoms with Gasteiger partial charge in [0.05, 0.1) is 12.0 Å². The van der Waals surface area contributed by atoms with Crippen LogP contribution in [0.15, 0.2) is 30.6 Å². The van der Waals surface area contributed by atoms with E-state index < -0.39 is 0 Å². The van der Waals surface area contributed by atoms with E-state index in [9.17, 15) is 5.11 Å². The van der Waals surface area contributed by atoms with Gasteiger partial charge in [-0.3, -0.25) is 0 Å². The molecule has 0 fully saturated rings. The average Bonchev–Trinajstić information content (AvgIpc) is 2.95. The summed E-state index contributed by atoms with van der Waals surface area (Å²) >= 11 is 1.70. The van der Waals surface area contributed by atoms with E-state index in [1.54, 1.807) is 17.7 Å². The summed E-state index contributed by atoms with van der Waals surface area (Å²) < 4.78 is 0. The Morgan fingerprint density at radius 2 is 1.88 bits per heavy atom. The zero-order valence-corrected chi connectivity index (χ0v) is 15.2. The minimum absolute atomic E-state index is 0.114. The third-order valence-corrected chi connectivity index (χ3v) is 5.36. The van der Waals surface area contributed by atoms with E-state index in [4.69, 9.17) is 0 Å². The second-order valence-corrected chi connectivity index (χ2v) is 6.97. The van der Waals surface area contributed by atoms with Crippen LogP contribution in [0.3, 0.4) is 0 Å². The molecule has 0 atom stereocenters. The SMILES string of the molecule is CCc1ccc(-c2c(C)sc3ncnc(N(CC)CCO)c23)cc1. The molecule has 4 nitrogen and oxygen atoms in total. The van der Waals surface area contributed by atoms with Crippen molar-refractivity contribution in [2.24, 2.45) is 0 Å². The Kier molecular flexibility index (Phi) is 5.11. The van der Waals surface area contributed by atoms with Crippen LogP contribution in [-0.4, -0.2) is 34.8 Å². The zero-order valence-electron chi connectivity index (χ0n) is 14.4. The van der Waals surface area contributed by atoms with Gasteiger partial charge >= 0.3 is 0 Å². The first kappa shape index (κ1) is 16.9. The van der Waals surface area contributed by atoms with Gasteiger partial charge in [-0.15, -0.1) is 11.3 Å². The molecule has 126 valence electrons. The van der Waals surface area contributed by atoms with Crippen molar-refractivity contribution >= 4 is 27.4 Å². The molecule has 0 unspecified atom stereocenters. The average molecular weight is 341 g/mol. The van der Waals surface area contributed by atoms with Gasteiger partial charge in [0, 0.05) is 23.5 Å². The number of aliphatic hydroxyl groups is 1. The van der Waals surface area contributed by atoms with E-state index in [1.807, 2.05) is 0 Å². The van der Waals surface area contributed by atoms with E-state index in [-0.39, 0.29) is 6.61 Å². The summed E-state index contributed by atoms with van der Waals surface area (Å²) in [4.78, 5) is 13.4. The predicted octanol–water partition coefficient (Wildman–Crippen LogP) is 4.05. The number of hydrogen-bond donors (Lipinski definition) is 1. The van der Waals surface area contributed by atoms with Crippen LogP contribution in [0.25, 0.3) is 21.3 Å². The highest BCUT2D eigenvalue weighted by molar-refractivity contribution is 7.19. The molecule has 0 amide bonds. The van der Waals surface area contributed by atoms with Gasteiger partial charge < -0.3 is 10.0 Å². The van der Waals surface area contributed by atoms with Crippen LogP contribution >= 0.6 is 11.3 Å². The van der Waals surface area contributed by atoms with Gasteiger partial charge in [-0.05, 0) is 31.4 Å². The number of nitrogens with zero attached hydrogens (tertiary/aromatic N) is 3. The van der Waals surface area contributed by atoms with E-state index in [1.165, 1.54) is 21.6 Å². The fraction of sp³-hybridized carbons (Fsp3) is 0.368. The second kappa shape index (κ2) is 7.28. The smallest absolute Gasteiger partial charge is 0.141 e. The third kappa shape index (κ3) is 3.01. The lowest BCUT2D eigenvalue weighted by Gasteiger charge is -2.22. The van der Waals surface area contributed by atoms with Crippen molar-refractivity contribution in [1.82, 2.24) is 9.97 Å². The van der Waals surface area contributed by atoms with Crippen LogP contribution < -0.4 is 4.90 Å². The van der Waals surface area contributed by atoms with Crippen LogP contribution in [-0.2, 0) is 6.42 Å². The first-order valence-electron chi connectivity index (χ1n) is 8.38. The maximum absolute atomic E-state index is 9.37. The molecule has 0 spiro atoms. The Labute approximate surface area is 146 Å². The van der Waals surface area contributed by atoms with Gasteiger partial charge in [0.25, 0.3) is 0 Å². The minimum atomic E-state index is 0.114. The normalized spacial score (nSPS) is 11.2. The fourth-order valence-electron chi connectivity index (χ4n) is 3.06. The van der Waals surface area contributed by atoms with E-state index in [0.717, 1.165) is 29.0 Å². The van der Waals surface area contributed by atoms with E-state index in [0.29, 0.717) is 6.54 Å². The first-order chi connectivity index (χ1) is 11.7. The molecule has 2 heterocycles. The van der Waals surface area contributed by atoms with Crippen LogP contribution in [0.2, 0.25) is 0 Å². The number of hydrogen-bond acceptors (Lipinski definition) is 5. The molecule has 0 radical (unpaired) electrons. The number of benzene rings is 1. The van der Waals surface area contributed by atoms with Crippen LogP contribution in [0.5, 0.6) is 0 Å². The van der Waals surface area contributed by atoms with Gasteiger partial charge in [-0.1, -0.05) is 31.2 Å². The van der Waals surface area contributed by atoms with Crippen molar-refractivity contribution in [3.05, 3.63) is 41.0 Å². The van der Waals surface area contributed by atoms with Crippen molar-refractivity contribution in [1.29, 1.82) is 0 Å². The maximum Gasteiger partial charge on any atom is 0.141 e. The molecule has 0 saturated carbocycles. The monoisotopic (exact) mass is 341 g/mol. The Balaban J connectivity index is 2.21. The molecule has 0 saturated heterocycles. The minimum Gasteiger partial charge on any atom is -0.395 e. The standard InChI is InChI=1S/C19H23N3OS/c1-4-14-6-8-15(9-7-14)16-13(3)24-19-17(16)18(20-12-21-19)22(5-2)10-11-23/h6-9,12,23H,4-5,10-11H2,1-3H3. The lowest BCUT2D eigenvalue weighted by Crippen LogP contribution is -2.27. The molecule has 3 rings (SSSR count). The van der Waals surface area contributed by atoms with Crippen LogP contribution in [0.1, 0.15) is 24.3 Å². The number of fused-ring (bicyclic) bond motifs is 1. The molecule has 1 aromatic carbocycles. The highest BCUT2D eigenvalue weighted by atomic mass is 32.1. The number of rotatable bonds is 6. The zero-order chi connectivity index (χ0) is 17.1. The molecule has 24 heavy (non-hydrogen) atoms. The highest BCUT2D eigenvalue weighted by Gasteiger charge is 2.19. The summed E-state index contributed by atoms with van der Waals surface area (Å²) in [6.07, 6.45) is 2.66. The highest BCUT2D eigenvalue weighted by Crippen LogP contribution is 2.41. The number of likely N-dealkylation sites (N-methyl/N-ethyl adjacent to an activating group) is 1. The van der Waals surface area contributed by atoms with Crippen LogP contribution in [0.4, 0.5) is 5.82 Å². The predicted molar refractivity (Wildman–Crippen MR) is 102 cm³/mol. The molecule has 3 aromatic rings. The molecule has 1 N–H and O–H groups in total. The summed E-state index contributed by atoms with van der Waals surface area (Å²) in [6, 6.07) is 8.75. The Hall–Kier alpha value is -1.98. The molecule has 0 aliphatic carbocycles. The van der Waals surface area contributed by atoms with Crippen molar-refractivity contribution < 1.29 is 5.11 Å². The van der Waals surface area contributed by atoms with Crippen molar-refractivity contribution in [2.75, 3.05) is 24.6 Å². The lowest BCUT2D eigenvalue weighted by atomic mass is 10.0. The summed E-state index contributed by atoms with van der Waals surface area (Å²) in [5.41, 5.74) is 3.75. The van der Waals surface area contributed by atoms with E-state index >= 15 is 0 Å². The summed E-state index contributed by atoms with van der Waals surface area (Å²) in [5.74, 6) is 0.912. The largest absolute Gasteiger partial charge is 0.395 e. The summed E-state index contributed by atoms with van der Waals surface area (Å²) in [7, 11) is 0. The summed E-state index contributed by atoms with van der Waals surface area (Å²) in [6.45, 7) is 7.88. The lowest BCUT2D eigenvalue weighted by molar-refractivity contribution is 0.302. The van der Waals surface area contributed by atoms with Crippen LogP contribution in [0, 0.1) is 6.92 Å². The Bertz CT molecular complexity index is 826. The van der Waals surface area contributed by atoms with E-state index in [2.05, 4.69) is 59.9 Å². The van der Waals surface area contributed by atoms with Crippen molar-refractivity contribution in [3.8, 4) is 11.1 Å². The van der Waals surface area contributed by atoms with Gasteiger partial charge in [-0.25, -0.2) is 9.97 Å². The van der Waals surface area contributed by atoms with Crippen molar-refractivity contribution in [2.45, 2.75) is 27.2 Å². The number of aromatic nitrogens is 2. The second-order valence-electron chi connectivity index (χ2n) is 5.76. The molecular weight excluding hydrogens is 318 g/mol. The molecule has 0 aliphatic heterocycles. The molecular formula is C19H23N3OS. The third-order valence-electron chi connectivity index (χ3n) is 4.35. The number of thiophene rings is 1. The Morgan fingerprint density at radius 1 is 1.12 bits per heavy atom. The van der Waals surface area contributed by atoms with Gasteiger partial charge in [0.2, 0.25) is 0 Å². The van der Waals surface area contributed by atoms with Gasteiger partial charge in [-0.2, -0.15) is 0 Å². The Morgan fingerprint density at radius 3 is 2.50 bits per heavy atom. The van der Waals surface area contributed by atoms with Gasteiger partial charge in [0.1, 0.15) is 17.0 Å². The number of aryl methyl sites for hydroxylation is 2. The fourth-order valence-corrected chi connectivity index (χ4v) is 4.07. The quantitative estimate of drug-likeness (QED) is 0.735. The molecule has 0 bridgehead atoms. The van der Waals surface area contributed by atoms with Gasteiger partial charge in [0.15, 0.2) is 0 Å². The summed E-state index contributed by atoms with van der Waals surface area (Å²) in [5, 5.41) is 10.5. The maximum atomic E-state index is 9.37. The molecule has 5 heteroatoms. The number of aliphatic hydroxyl groups excluding tert-OH is 1. The first-order valence-corrected chi connectivity index (χ1v) is 9.20. The topological polar surface area (TPSA) is 49.2 Å². The molecule has 2 aromatic heterocycles.